The molecule has 1 heterocycles. The topological polar surface area (TPSA) is 106 Å². The number of hydrogen-bond donors (Lipinski definition) is 5. The maximum absolute atomic E-state index is 7.74. The van der Waals surface area contributed by atoms with Gasteiger partial charge in [0.1, 0.15) is 0 Å². The zero-order valence-corrected chi connectivity index (χ0v) is 10.5. The van der Waals surface area contributed by atoms with Gasteiger partial charge in [0.15, 0.2) is 0 Å². The molecular weight excluding hydrogens is 260 g/mol. The molecule has 0 spiro atoms. The van der Waals surface area contributed by atoms with Crippen molar-refractivity contribution in [3.05, 3.63) is 48.5 Å². The lowest BCUT2D eigenvalue weighted by atomic mass is 10.1. The van der Waals surface area contributed by atoms with E-state index in [9.17, 15) is 0 Å². The van der Waals surface area contributed by atoms with Gasteiger partial charge in [0.25, 0.3) is 0 Å². The summed E-state index contributed by atoms with van der Waals surface area (Å²) in [5, 5.41) is 33.6. The van der Waals surface area contributed by atoms with Gasteiger partial charge in [-0.1, -0.05) is 36.4 Å². The van der Waals surface area contributed by atoms with Crippen LogP contribution in [0, 0.1) is 0 Å². The molecule has 0 bridgehead atoms. The monoisotopic (exact) mass is 273 g/mol. The molecule has 3 rings (SSSR count). The van der Waals surface area contributed by atoms with Gasteiger partial charge >= 0.3 is 14.6 Å². The molecule has 1 aromatic heterocycles. The van der Waals surface area contributed by atoms with Crippen molar-refractivity contribution in [3.8, 4) is 0 Å². The van der Waals surface area contributed by atoms with Gasteiger partial charge < -0.3 is 29.7 Å². The van der Waals surface area contributed by atoms with Crippen molar-refractivity contribution in [3.63, 3.8) is 0 Å². The number of para-hydroxylation sites is 2. The van der Waals surface area contributed by atoms with Gasteiger partial charge in [-0.2, -0.15) is 0 Å². The van der Waals surface area contributed by atoms with Crippen molar-refractivity contribution in [1.29, 1.82) is 0 Å². The first-order chi connectivity index (χ1) is 9.58. The third-order valence-corrected chi connectivity index (χ3v) is 2.66. The van der Waals surface area contributed by atoms with Crippen molar-refractivity contribution in [1.82, 2.24) is 4.98 Å². The average molecular weight is 273 g/mol. The lowest BCUT2D eigenvalue weighted by Crippen LogP contribution is -2.28. The van der Waals surface area contributed by atoms with Crippen LogP contribution in [0.2, 0.25) is 0 Å². The van der Waals surface area contributed by atoms with Crippen LogP contribution in [0.15, 0.2) is 48.5 Å². The summed E-state index contributed by atoms with van der Waals surface area (Å²) < 4.78 is 3.47. The number of hydrogen-bond acceptors (Lipinski definition) is 5. The van der Waals surface area contributed by atoms with Crippen LogP contribution >= 0.6 is 0 Å². The van der Waals surface area contributed by atoms with Crippen LogP contribution in [0.4, 0.5) is 0 Å². The van der Waals surface area contributed by atoms with Crippen molar-refractivity contribution < 1.29 is 24.7 Å². The number of aromatic amines is 1. The predicted molar refractivity (Wildman–Crippen MR) is 77.3 cm³/mol. The zero-order chi connectivity index (χ0) is 14.5. The van der Waals surface area contributed by atoms with Crippen LogP contribution in [0.25, 0.3) is 21.8 Å². The van der Waals surface area contributed by atoms with Crippen LogP contribution in [-0.2, 0) is 4.57 Å². The molecule has 102 valence electrons. The van der Waals surface area contributed by atoms with Gasteiger partial charge in [-0.05, 0) is 12.1 Å². The normalized spacial score (nSPS) is 10.2. The van der Waals surface area contributed by atoms with Gasteiger partial charge in [-0.25, -0.2) is 0 Å². The minimum absolute atomic E-state index is 1.21. The molecule has 6 nitrogen and oxygen atoms in total. The largest absolute Gasteiger partial charge is 0.621 e. The second-order valence-electron chi connectivity index (χ2n) is 4.00. The molecular formula is C12H13B2NO5. The van der Waals surface area contributed by atoms with Gasteiger partial charge in [-0.15, -0.1) is 0 Å². The molecule has 3 aromatic rings. The fourth-order valence-electron chi connectivity index (χ4n) is 1.91. The SMILES string of the molecule is OB(O)OB(O)O.c1ccc2c(c1)[nH]c1ccccc12. The van der Waals surface area contributed by atoms with E-state index in [1.807, 2.05) is 0 Å². The highest BCUT2D eigenvalue weighted by atomic mass is 16.7. The van der Waals surface area contributed by atoms with E-state index in [-0.39, 0.29) is 0 Å². The zero-order valence-electron chi connectivity index (χ0n) is 10.5. The Kier molecular flexibility index (Phi) is 4.78. The highest BCUT2D eigenvalue weighted by Crippen LogP contribution is 2.24. The molecule has 5 N–H and O–H groups in total. The molecule has 0 amide bonds. The van der Waals surface area contributed by atoms with E-state index in [1.165, 1.54) is 21.8 Å². The van der Waals surface area contributed by atoms with Crippen LogP contribution in [-0.4, -0.2) is 39.7 Å². The van der Waals surface area contributed by atoms with Crippen molar-refractivity contribution >= 4 is 36.4 Å². The van der Waals surface area contributed by atoms with E-state index in [0.717, 1.165) is 0 Å². The molecule has 8 heteroatoms. The van der Waals surface area contributed by atoms with Gasteiger partial charge in [0.2, 0.25) is 0 Å². The van der Waals surface area contributed by atoms with Crippen LogP contribution in [0.3, 0.4) is 0 Å². The van der Waals surface area contributed by atoms with E-state index in [0.29, 0.717) is 0 Å². The number of H-pyrrole nitrogens is 1. The van der Waals surface area contributed by atoms with E-state index in [1.54, 1.807) is 0 Å². The summed E-state index contributed by atoms with van der Waals surface area (Å²) in [5.41, 5.74) is 2.42. The summed E-state index contributed by atoms with van der Waals surface area (Å²) in [6.45, 7) is 0. The Balaban J connectivity index is 0.000000182. The van der Waals surface area contributed by atoms with Crippen molar-refractivity contribution in [2.24, 2.45) is 0 Å². The Morgan fingerprint density at radius 1 is 0.700 bits per heavy atom. The summed E-state index contributed by atoms with van der Waals surface area (Å²) in [5.74, 6) is 0. The third-order valence-electron chi connectivity index (χ3n) is 2.66. The van der Waals surface area contributed by atoms with Crippen LogP contribution in [0.5, 0.6) is 0 Å². The number of nitrogens with one attached hydrogen (secondary N) is 1. The van der Waals surface area contributed by atoms with Gasteiger partial charge in [0.05, 0.1) is 0 Å². The first kappa shape index (κ1) is 14.6. The standard InChI is InChI=1S/C12H9N.B2H4O5/c1-3-7-11-9(5-1)10-6-2-4-8-12(10)13-11;3-1(4)7-2(5)6/h1-8,13H;3-6H. The van der Waals surface area contributed by atoms with E-state index >= 15 is 0 Å². The van der Waals surface area contributed by atoms with E-state index in [4.69, 9.17) is 20.1 Å². The molecule has 0 saturated carbocycles. The highest BCUT2D eigenvalue weighted by Gasteiger charge is 2.18. The molecule has 2 aromatic carbocycles. The molecule has 0 saturated heterocycles. The number of fused-ring (bicyclic) bond motifs is 3. The Morgan fingerprint density at radius 2 is 1.10 bits per heavy atom. The fraction of sp³-hybridized carbons (Fsp3) is 0. The smallest absolute Gasteiger partial charge is 0.402 e. The minimum Gasteiger partial charge on any atom is -0.402 e. The summed E-state index contributed by atoms with van der Waals surface area (Å²) in [4.78, 5) is 3.38. The number of rotatable bonds is 2. The molecule has 0 aliphatic carbocycles. The van der Waals surface area contributed by atoms with Crippen LogP contribution in [0.1, 0.15) is 0 Å². The number of aromatic nitrogens is 1. The summed E-state index contributed by atoms with van der Waals surface area (Å²) in [6, 6.07) is 16.8. The maximum atomic E-state index is 7.74. The first-order valence-corrected chi connectivity index (χ1v) is 5.91. The lowest BCUT2D eigenvalue weighted by Gasteiger charge is -1.95. The number of benzene rings is 2. The molecule has 0 aliphatic heterocycles. The summed E-state index contributed by atoms with van der Waals surface area (Å²) in [7, 11) is -4.25. The Bertz CT molecular complexity index is 629. The Hall–Kier alpha value is -1.83. The van der Waals surface area contributed by atoms with Gasteiger partial charge in [-0.3, -0.25) is 0 Å². The van der Waals surface area contributed by atoms with E-state index < -0.39 is 14.6 Å². The predicted octanol–water partition coefficient (Wildman–Crippen LogP) is 0.263. The second kappa shape index (κ2) is 6.56. The fourth-order valence-corrected chi connectivity index (χ4v) is 1.91. The van der Waals surface area contributed by atoms with Crippen LogP contribution < -0.4 is 0 Å². The molecule has 0 fully saturated rings. The quantitative estimate of drug-likeness (QED) is 0.431. The molecule has 0 radical (unpaired) electrons. The Morgan fingerprint density at radius 3 is 1.45 bits per heavy atom. The molecule has 0 unspecified atom stereocenters. The summed E-state index contributed by atoms with van der Waals surface area (Å²) >= 11 is 0. The first-order valence-electron chi connectivity index (χ1n) is 5.91. The van der Waals surface area contributed by atoms with Gasteiger partial charge in [0, 0.05) is 21.8 Å². The lowest BCUT2D eigenvalue weighted by molar-refractivity contribution is 0.213. The maximum Gasteiger partial charge on any atom is 0.621 e. The minimum atomic E-state index is -2.13. The van der Waals surface area contributed by atoms with Crippen molar-refractivity contribution in [2.75, 3.05) is 0 Å². The highest BCUT2D eigenvalue weighted by molar-refractivity contribution is 6.48. The van der Waals surface area contributed by atoms with E-state index in [2.05, 4.69) is 58.1 Å². The molecule has 0 aliphatic rings. The molecule has 0 atom stereocenters. The Labute approximate surface area is 115 Å². The third kappa shape index (κ3) is 3.60. The molecule has 20 heavy (non-hydrogen) atoms. The average Bonchev–Trinajstić information content (AvgIpc) is 2.76. The van der Waals surface area contributed by atoms with Crippen molar-refractivity contribution in [2.45, 2.75) is 0 Å². The second-order valence-corrected chi connectivity index (χ2v) is 4.00. The summed E-state index contributed by atoms with van der Waals surface area (Å²) in [6.07, 6.45) is 0.